The molecule has 0 aromatic heterocycles. The molecule has 1 aliphatic rings. The zero-order valence-electron chi connectivity index (χ0n) is 20.6. The molecule has 0 fully saturated rings. The molecular formula is C29H29BrFNO4. The van der Waals surface area contributed by atoms with E-state index in [1.165, 1.54) is 23.3 Å². The minimum Gasteiger partial charge on any atom is -0.487 e. The molecule has 1 atom stereocenters. The number of rotatable bonds is 8. The molecule has 0 radical (unpaired) electrons. The molecular weight excluding hydrogens is 525 g/mol. The lowest BCUT2D eigenvalue weighted by Gasteiger charge is -2.24. The average Bonchev–Trinajstić information content (AvgIpc) is 3.14. The predicted molar refractivity (Wildman–Crippen MR) is 140 cm³/mol. The topological polar surface area (TPSA) is 66.8 Å². The number of carboxylic acid groups (broad SMARTS) is 1. The summed E-state index contributed by atoms with van der Waals surface area (Å²) in [5.41, 5.74) is 3.50. The SMILES string of the molecule is CC(C)c1ccc(CC2(C)Cc3cc(C(=O)N(CC(=O)O)Cc4ccc(Br)cc4F)ccc3O2)cc1. The molecule has 3 aromatic carbocycles. The van der Waals surface area contributed by atoms with Crippen molar-refractivity contribution >= 4 is 27.8 Å². The van der Waals surface area contributed by atoms with Crippen LogP contribution in [-0.4, -0.2) is 34.0 Å². The number of hydrogen-bond acceptors (Lipinski definition) is 3. The number of aliphatic carboxylic acids is 1. The van der Waals surface area contributed by atoms with E-state index in [2.05, 4.69) is 61.0 Å². The summed E-state index contributed by atoms with van der Waals surface area (Å²) in [6.45, 7) is 5.70. The fourth-order valence-electron chi connectivity index (χ4n) is 4.61. The Bertz CT molecular complexity index is 1290. The maximum absolute atomic E-state index is 14.4. The average molecular weight is 554 g/mol. The number of carbonyl (C=O) groups is 2. The van der Waals surface area contributed by atoms with Gasteiger partial charge in [-0.1, -0.05) is 60.1 Å². The number of carbonyl (C=O) groups excluding carboxylic acids is 1. The second-order valence-electron chi connectivity index (χ2n) is 9.91. The Morgan fingerprint density at radius 1 is 1.11 bits per heavy atom. The molecule has 1 N–H and O–H groups in total. The number of amides is 1. The highest BCUT2D eigenvalue weighted by Gasteiger charge is 2.35. The summed E-state index contributed by atoms with van der Waals surface area (Å²) < 4.78 is 21.2. The Balaban J connectivity index is 1.52. The van der Waals surface area contributed by atoms with Gasteiger partial charge in [-0.05, 0) is 59.9 Å². The first-order valence-electron chi connectivity index (χ1n) is 11.9. The molecule has 4 rings (SSSR count). The predicted octanol–water partition coefficient (Wildman–Crippen LogP) is 6.37. The van der Waals surface area contributed by atoms with Gasteiger partial charge in [-0.25, -0.2) is 4.39 Å². The Morgan fingerprint density at radius 3 is 2.47 bits per heavy atom. The van der Waals surface area contributed by atoms with Crippen LogP contribution < -0.4 is 4.74 Å². The Morgan fingerprint density at radius 2 is 1.83 bits per heavy atom. The molecule has 7 heteroatoms. The van der Waals surface area contributed by atoms with Crippen LogP contribution >= 0.6 is 15.9 Å². The van der Waals surface area contributed by atoms with Crippen molar-refractivity contribution < 1.29 is 23.8 Å². The van der Waals surface area contributed by atoms with Crippen LogP contribution in [0.5, 0.6) is 5.75 Å². The second kappa shape index (κ2) is 10.4. The fraction of sp³-hybridized carbons (Fsp3) is 0.310. The van der Waals surface area contributed by atoms with E-state index in [1.807, 2.05) is 0 Å². The van der Waals surface area contributed by atoms with Gasteiger partial charge >= 0.3 is 5.97 Å². The number of ether oxygens (including phenoxy) is 1. The molecule has 3 aromatic rings. The zero-order valence-corrected chi connectivity index (χ0v) is 22.1. The number of nitrogens with zero attached hydrogens (tertiary/aromatic N) is 1. The smallest absolute Gasteiger partial charge is 0.323 e. The van der Waals surface area contributed by atoms with Crippen LogP contribution in [0, 0.1) is 5.82 Å². The first-order chi connectivity index (χ1) is 17.0. The maximum atomic E-state index is 14.4. The second-order valence-corrected chi connectivity index (χ2v) is 10.8. The molecule has 0 aliphatic carbocycles. The summed E-state index contributed by atoms with van der Waals surface area (Å²) in [5.74, 6) is -0.955. The third-order valence-corrected chi connectivity index (χ3v) is 6.94. The minimum absolute atomic E-state index is 0.151. The highest BCUT2D eigenvalue weighted by molar-refractivity contribution is 9.10. The Labute approximate surface area is 219 Å². The van der Waals surface area contributed by atoms with Crippen LogP contribution in [0.2, 0.25) is 0 Å². The van der Waals surface area contributed by atoms with E-state index in [-0.39, 0.29) is 12.1 Å². The highest BCUT2D eigenvalue weighted by atomic mass is 79.9. The fourth-order valence-corrected chi connectivity index (χ4v) is 4.94. The summed E-state index contributed by atoms with van der Waals surface area (Å²) in [6.07, 6.45) is 1.34. The molecule has 0 saturated carbocycles. The van der Waals surface area contributed by atoms with Crippen molar-refractivity contribution in [2.75, 3.05) is 6.54 Å². The van der Waals surface area contributed by atoms with E-state index < -0.39 is 29.8 Å². The van der Waals surface area contributed by atoms with Crippen LogP contribution in [0.1, 0.15) is 59.3 Å². The van der Waals surface area contributed by atoms with Crippen molar-refractivity contribution in [3.8, 4) is 5.75 Å². The molecule has 1 aliphatic heterocycles. The molecule has 1 amide bonds. The minimum atomic E-state index is -1.17. The van der Waals surface area contributed by atoms with Crippen LogP contribution in [0.25, 0.3) is 0 Å². The summed E-state index contributed by atoms with van der Waals surface area (Å²) >= 11 is 3.21. The first-order valence-corrected chi connectivity index (χ1v) is 12.7. The third kappa shape index (κ3) is 5.95. The van der Waals surface area contributed by atoms with Crippen molar-refractivity contribution in [3.63, 3.8) is 0 Å². The van der Waals surface area contributed by atoms with Gasteiger partial charge in [0.05, 0.1) is 0 Å². The van der Waals surface area contributed by atoms with Crippen LogP contribution in [0.4, 0.5) is 4.39 Å². The van der Waals surface area contributed by atoms with E-state index >= 15 is 0 Å². The third-order valence-electron chi connectivity index (χ3n) is 6.44. The number of hydrogen-bond donors (Lipinski definition) is 1. The van der Waals surface area contributed by atoms with Crippen molar-refractivity contribution in [3.05, 3.63) is 98.8 Å². The summed E-state index contributed by atoms with van der Waals surface area (Å²) in [6, 6.07) is 18.2. The molecule has 0 saturated heterocycles. The number of benzene rings is 3. The quantitative estimate of drug-likeness (QED) is 0.351. The number of fused-ring (bicyclic) bond motifs is 1. The van der Waals surface area contributed by atoms with Gasteiger partial charge in [0.25, 0.3) is 5.91 Å². The molecule has 36 heavy (non-hydrogen) atoms. The van der Waals surface area contributed by atoms with Gasteiger partial charge in [-0.2, -0.15) is 0 Å². The van der Waals surface area contributed by atoms with Crippen LogP contribution in [0.3, 0.4) is 0 Å². The van der Waals surface area contributed by atoms with Crippen LogP contribution in [-0.2, 0) is 24.2 Å². The van der Waals surface area contributed by atoms with Gasteiger partial charge in [-0.15, -0.1) is 0 Å². The molecule has 5 nitrogen and oxygen atoms in total. The van der Waals surface area contributed by atoms with E-state index in [4.69, 9.17) is 4.74 Å². The normalized spacial score (nSPS) is 16.5. The molecule has 188 valence electrons. The van der Waals surface area contributed by atoms with Gasteiger partial charge in [-0.3, -0.25) is 9.59 Å². The largest absolute Gasteiger partial charge is 0.487 e. The molecule has 0 spiro atoms. The van der Waals surface area contributed by atoms with E-state index in [0.717, 1.165) is 22.6 Å². The maximum Gasteiger partial charge on any atom is 0.323 e. The van der Waals surface area contributed by atoms with Crippen LogP contribution in [0.15, 0.2) is 65.1 Å². The van der Waals surface area contributed by atoms with Crippen molar-refractivity contribution in [1.29, 1.82) is 0 Å². The van der Waals surface area contributed by atoms with Crippen molar-refractivity contribution in [2.24, 2.45) is 0 Å². The van der Waals surface area contributed by atoms with Gasteiger partial charge in [0.2, 0.25) is 0 Å². The summed E-state index contributed by atoms with van der Waals surface area (Å²) in [7, 11) is 0. The standard InChI is InChI=1S/C29H29BrFNO4/c1-18(2)20-6-4-19(5-7-20)14-29(3)15-23-12-21(9-11-26(23)36-29)28(35)32(17-27(33)34)16-22-8-10-24(30)13-25(22)31/h4-13,18H,14-17H2,1-3H3,(H,33,34). The van der Waals surface area contributed by atoms with Crippen molar-refractivity contribution in [1.82, 2.24) is 4.90 Å². The van der Waals surface area contributed by atoms with E-state index in [9.17, 15) is 19.1 Å². The lowest BCUT2D eigenvalue weighted by Crippen LogP contribution is -2.35. The molecule has 1 unspecified atom stereocenters. The van der Waals surface area contributed by atoms with Gasteiger partial charge in [0, 0.05) is 35.0 Å². The lowest BCUT2D eigenvalue weighted by atomic mass is 9.90. The summed E-state index contributed by atoms with van der Waals surface area (Å²) in [5, 5.41) is 9.37. The van der Waals surface area contributed by atoms with Gasteiger partial charge in [0.1, 0.15) is 23.7 Å². The number of carboxylic acids is 1. The van der Waals surface area contributed by atoms with Crippen molar-refractivity contribution in [2.45, 2.75) is 51.7 Å². The molecule has 0 bridgehead atoms. The van der Waals surface area contributed by atoms with Gasteiger partial charge < -0.3 is 14.7 Å². The molecule has 1 heterocycles. The van der Waals surface area contributed by atoms with Gasteiger partial charge in [0.15, 0.2) is 0 Å². The Hall–Kier alpha value is -3.19. The highest BCUT2D eigenvalue weighted by Crippen LogP contribution is 2.38. The summed E-state index contributed by atoms with van der Waals surface area (Å²) in [4.78, 5) is 25.9. The van der Waals surface area contributed by atoms with E-state index in [1.54, 1.807) is 24.3 Å². The first kappa shape index (κ1) is 25.9. The lowest BCUT2D eigenvalue weighted by molar-refractivity contribution is -0.137. The Kier molecular flexibility index (Phi) is 7.50. The van der Waals surface area contributed by atoms with E-state index in [0.29, 0.717) is 22.4 Å². The monoisotopic (exact) mass is 553 g/mol. The number of halogens is 2. The zero-order chi connectivity index (χ0) is 26.0.